The van der Waals surface area contributed by atoms with Crippen molar-refractivity contribution in [1.82, 2.24) is 14.9 Å². The molecule has 0 saturated carbocycles. The van der Waals surface area contributed by atoms with E-state index in [0.29, 0.717) is 21.8 Å². The molecule has 0 saturated heterocycles. The van der Waals surface area contributed by atoms with Gasteiger partial charge in [0.1, 0.15) is 4.88 Å². The van der Waals surface area contributed by atoms with Gasteiger partial charge in [0.05, 0.1) is 12.1 Å². The average molecular weight is 334 g/mol. The second-order valence-corrected chi connectivity index (χ2v) is 5.37. The predicted molar refractivity (Wildman–Crippen MR) is 83.6 cm³/mol. The highest BCUT2D eigenvalue weighted by molar-refractivity contribution is 7.08. The van der Waals surface area contributed by atoms with Crippen molar-refractivity contribution >= 4 is 35.0 Å². The van der Waals surface area contributed by atoms with Crippen LogP contribution in [0.15, 0.2) is 24.3 Å². The van der Waals surface area contributed by atoms with Crippen molar-refractivity contribution in [3.8, 4) is 0 Å². The van der Waals surface area contributed by atoms with Crippen LogP contribution < -0.4 is 10.6 Å². The molecular formula is C14H14N4O4S. The summed E-state index contributed by atoms with van der Waals surface area (Å²) in [5.74, 6) is -1.65. The Bertz CT molecular complexity index is 727. The van der Waals surface area contributed by atoms with Gasteiger partial charge in [-0.3, -0.25) is 14.4 Å². The van der Waals surface area contributed by atoms with Crippen LogP contribution >= 0.6 is 11.5 Å². The Morgan fingerprint density at radius 2 is 1.87 bits per heavy atom. The lowest BCUT2D eigenvalue weighted by molar-refractivity contribution is -0.136. The molecule has 0 bridgehead atoms. The summed E-state index contributed by atoms with van der Waals surface area (Å²) < 4.78 is 3.70. The van der Waals surface area contributed by atoms with Gasteiger partial charge < -0.3 is 15.7 Å². The van der Waals surface area contributed by atoms with Crippen molar-refractivity contribution < 1.29 is 19.5 Å². The maximum Gasteiger partial charge on any atom is 0.305 e. The van der Waals surface area contributed by atoms with Crippen molar-refractivity contribution in [3.63, 3.8) is 0 Å². The molecule has 0 aliphatic rings. The van der Waals surface area contributed by atoms with Crippen LogP contribution in [0.4, 0.5) is 5.69 Å². The van der Waals surface area contributed by atoms with E-state index in [2.05, 4.69) is 20.2 Å². The molecule has 120 valence electrons. The molecule has 2 aromatic rings. The van der Waals surface area contributed by atoms with Crippen LogP contribution in [0.2, 0.25) is 0 Å². The maximum atomic E-state index is 12.0. The Kier molecular flexibility index (Phi) is 5.36. The number of aliphatic carboxylic acids is 1. The van der Waals surface area contributed by atoms with Crippen LogP contribution in [-0.4, -0.2) is 39.0 Å². The minimum atomic E-state index is -0.976. The summed E-state index contributed by atoms with van der Waals surface area (Å²) in [6.45, 7) is 1.76. The van der Waals surface area contributed by atoms with Crippen molar-refractivity contribution in [3.05, 3.63) is 40.4 Å². The first-order valence-corrected chi connectivity index (χ1v) is 7.45. The molecule has 1 heterocycles. The van der Waals surface area contributed by atoms with Gasteiger partial charge in [-0.05, 0) is 42.7 Å². The molecule has 0 aliphatic heterocycles. The lowest BCUT2D eigenvalue weighted by Crippen LogP contribution is -2.25. The van der Waals surface area contributed by atoms with E-state index in [1.165, 1.54) is 0 Å². The summed E-state index contributed by atoms with van der Waals surface area (Å²) in [7, 11) is 0. The molecule has 0 fully saturated rings. The summed E-state index contributed by atoms with van der Waals surface area (Å²) in [6, 6.07) is 6.27. The highest BCUT2D eigenvalue weighted by Crippen LogP contribution is 2.14. The molecule has 23 heavy (non-hydrogen) atoms. The number of benzene rings is 1. The number of carbonyl (C=O) groups is 3. The SMILES string of the molecule is Cc1nnsc1C(=O)Nc1ccc(C(=O)NCCC(=O)O)cc1. The number of hydrogen-bond donors (Lipinski definition) is 3. The zero-order valence-corrected chi connectivity index (χ0v) is 13.0. The molecule has 2 rings (SSSR count). The summed E-state index contributed by atoms with van der Waals surface area (Å²) in [4.78, 5) is 34.6. The van der Waals surface area contributed by atoms with E-state index in [9.17, 15) is 14.4 Å². The molecule has 8 nitrogen and oxygen atoms in total. The fourth-order valence-electron chi connectivity index (χ4n) is 1.72. The molecular weight excluding hydrogens is 320 g/mol. The molecule has 2 amide bonds. The van der Waals surface area contributed by atoms with Gasteiger partial charge in [0.25, 0.3) is 11.8 Å². The third kappa shape index (κ3) is 4.58. The first-order chi connectivity index (χ1) is 11.0. The largest absolute Gasteiger partial charge is 0.481 e. The van der Waals surface area contributed by atoms with Crippen LogP contribution in [0.5, 0.6) is 0 Å². The fraction of sp³-hybridized carbons (Fsp3) is 0.214. The number of aryl methyl sites for hydroxylation is 1. The predicted octanol–water partition coefficient (Wildman–Crippen LogP) is 1.30. The zero-order valence-electron chi connectivity index (χ0n) is 12.2. The number of carbonyl (C=O) groups excluding carboxylic acids is 2. The Hall–Kier alpha value is -2.81. The van der Waals surface area contributed by atoms with Crippen molar-refractivity contribution in [2.75, 3.05) is 11.9 Å². The lowest BCUT2D eigenvalue weighted by atomic mass is 10.2. The fourth-order valence-corrected chi connectivity index (χ4v) is 2.27. The number of carboxylic acid groups (broad SMARTS) is 1. The highest BCUT2D eigenvalue weighted by Gasteiger charge is 2.13. The smallest absolute Gasteiger partial charge is 0.305 e. The van der Waals surface area contributed by atoms with E-state index < -0.39 is 5.97 Å². The maximum absolute atomic E-state index is 12.0. The summed E-state index contributed by atoms with van der Waals surface area (Å²) in [5.41, 5.74) is 1.47. The van der Waals surface area contributed by atoms with Crippen molar-refractivity contribution in [2.24, 2.45) is 0 Å². The van der Waals surface area contributed by atoms with Crippen molar-refractivity contribution in [2.45, 2.75) is 13.3 Å². The van der Waals surface area contributed by atoms with E-state index >= 15 is 0 Å². The van der Waals surface area contributed by atoms with Gasteiger partial charge in [0.2, 0.25) is 0 Å². The van der Waals surface area contributed by atoms with E-state index in [-0.39, 0.29) is 24.8 Å². The summed E-state index contributed by atoms with van der Waals surface area (Å²) >= 11 is 1.01. The molecule has 0 radical (unpaired) electrons. The standard InChI is InChI=1S/C14H14N4O4S/c1-8-12(23-18-17-8)14(22)16-10-4-2-9(3-5-10)13(21)15-7-6-11(19)20/h2-5H,6-7H2,1H3,(H,15,21)(H,16,22)(H,19,20). The minimum Gasteiger partial charge on any atom is -0.481 e. The van der Waals surface area contributed by atoms with E-state index in [1.54, 1.807) is 31.2 Å². The van der Waals surface area contributed by atoms with Crippen LogP contribution in [0, 0.1) is 6.92 Å². The molecule has 3 N–H and O–H groups in total. The van der Waals surface area contributed by atoms with Gasteiger partial charge in [0, 0.05) is 17.8 Å². The van der Waals surface area contributed by atoms with Gasteiger partial charge in [-0.1, -0.05) is 4.49 Å². The van der Waals surface area contributed by atoms with E-state index in [1.807, 2.05) is 0 Å². The van der Waals surface area contributed by atoms with Gasteiger partial charge in [0.15, 0.2) is 0 Å². The number of amides is 2. The quantitative estimate of drug-likeness (QED) is 0.732. The molecule has 0 spiro atoms. The Balaban J connectivity index is 1.94. The topological polar surface area (TPSA) is 121 Å². The monoisotopic (exact) mass is 334 g/mol. The second kappa shape index (κ2) is 7.45. The number of anilines is 1. The van der Waals surface area contributed by atoms with E-state index in [0.717, 1.165) is 11.5 Å². The van der Waals surface area contributed by atoms with Crippen LogP contribution in [0.25, 0.3) is 0 Å². The second-order valence-electron chi connectivity index (χ2n) is 4.62. The normalized spacial score (nSPS) is 10.1. The van der Waals surface area contributed by atoms with E-state index in [4.69, 9.17) is 5.11 Å². The molecule has 9 heteroatoms. The van der Waals surface area contributed by atoms with Gasteiger partial charge in [-0.25, -0.2) is 0 Å². The number of aromatic nitrogens is 2. The molecule has 1 aromatic carbocycles. The number of hydrogen-bond acceptors (Lipinski definition) is 6. The first-order valence-electron chi connectivity index (χ1n) is 6.67. The third-order valence-electron chi connectivity index (χ3n) is 2.89. The zero-order chi connectivity index (χ0) is 16.8. The van der Waals surface area contributed by atoms with Crippen LogP contribution in [0.1, 0.15) is 32.1 Å². The number of nitrogens with one attached hydrogen (secondary N) is 2. The molecule has 1 aromatic heterocycles. The molecule has 0 aliphatic carbocycles. The Morgan fingerprint density at radius 3 is 2.43 bits per heavy atom. The summed E-state index contributed by atoms with van der Waals surface area (Å²) in [5, 5.41) is 17.5. The van der Waals surface area contributed by atoms with Gasteiger partial charge >= 0.3 is 5.97 Å². The van der Waals surface area contributed by atoms with Crippen molar-refractivity contribution in [1.29, 1.82) is 0 Å². The highest BCUT2D eigenvalue weighted by atomic mass is 32.1. The number of rotatable bonds is 6. The Morgan fingerprint density at radius 1 is 1.17 bits per heavy atom. The minimum absolute atomic E-state index is 0.0598. The Labute approximate surface area is 135 Å². The lowest BCUT2D eigenvalue weighted by Gasteiger charge is -2.06. The molecule has 0 unspecified atom stereocenters. The third-order valence-corrected chi connectivity index (χ3v) is 3.71. The molecule has 0 atom stereocenters. The van der Waals surface area contributed by atoms with Gasteiger partial charge in [-0.15, -0.1) is 5.10 Å². The van der Waals surface area contributed by atoms with Gasteiger partial charge in [-0.2, -0.15) is 0 Å². The van der Waals surface area contributed by atoms with Crippen LogP contribution in [0.3, 0.4) is 0 Å². The summed E-state index contributed by atoms with van der Waals surface area (Å²) in [6.07, 6.45) is -0.137. The number of nitrogens with zero attached hydrogens (tertiary/aromatic N) is 2. The number of carboxylic acids is 1. The first kappa shape index (κ1) is 16.6. The van der Waals surface area contributed by atoms with Crippen LogP contribution in [-0.2, 0) is 4.79 Å². The average Bonchev–Trinajstić information content (AvgIpc) is 2.93.